The van der Waals surface area contributed by atoms with Gasteiger partial charge in [0.25, 0.3) is 0 Å². The Bertz CT molecular complexity index is 655. The number of Topliss-reactive ketones (excluding diaryl/α,β-unsaturated/α-hetero) is 1. The van der Waals surface area contributed by atoms with Gasteiger partial charge in [0.15, 0.2) is 5.78 Å². The Hall–Kier alpha value is -1.96. The predicted octanol–water partition coefficient (Wildman–Crippen LogP) is 1.12. The molecule has 0 aliphatic carbocycles. The molecule has 0 saturated heterocycles. The molecule has 1 rings (SSSR count). The molecule has 1 aromatic carbocycles. The van der Waals surface area contributed by atoms with Crippen molar-refractivity contribution in [1.29, 1.82) is 0 Å². The Balaban J connectivity index is 2.94. The SMILES string of the molecule is CC(C)C(N)C(=O)NC(Cc1ccccc1)C(=O)NC(CCCCN)C(=O)CCl. The van der Waals surface area contributed by atoms with Gasteiger partial charge in [0.1, 0.15) is 6.04 Å². The van der Waals surface area contributed by atoms with Crippen LogP contribution in [0.25, 0.3) is 0 Å². The van der Waals surface area contributed by atoms with Crippen LogP contribution in [-0.4, -0.2) is 48.1 Å². The summed E-state index contributed by atoms with van der Waals surface area (Å²) in [6.45, 7) is 4.18. The maximum Gasteiger partial charge on any atom is 0.243 e. The molecule has 0 bridgehead atoms. The first-order chi connectivity index (χ1) is 13.8. The number of rotatable bonds is 13. The molecule has 29 heavy (non-hydrogen) atoms. The van der Waals surface area contributed by atoms with E-state index >= 15 is 0 Å². The molecule has 0 aromatic heterocycles. The standard InChI is InChI=1S/C21H33ClN4O3/c1-14(2)19(24)21(29)26-17(12-15-8-4-3-5-9-15)20(28)25-16(18(27)13-22)10-6-7-11-23/h3-5,8-9,14,16-17,19H,6-7,10-13,23-24H2,1-2H3,(H,25,28)(H,26,29). The normalized spacial score (nSPS) is 14.1. The van der Waals surface area contributed by atoms with Crippen molar-refractivity contribution in [2.24, 2.45) is 17.4 Å². The number of carbonyl (C=O) groups is 3. The molecule has 0 saturated carbocycles. The maximum absolute atomic E-state index is 13.0. The summed E-state index contributed by atoms with van der Waals surface area (Å²) in [5, 5.41) is 5.49. The monoisotopic (exact) mass is 424 g/mol. The first-order valence-corrected chi connectivity index (χ1v) is 10.5. The molecule has 162 valence electrons. The third kappa shape index (κ3) is 8.94. The number of benzene rings is 1. The van der Waals surface area contributed by atoms with E-state index in [-0.39, 0.29) is 24.0 Å². The molecular formula is C21H33ClN4O3. The van der Waals surface area contributed by atoms with Crippen molar-refractivity contribution in [3.8, 4) is 0 Å². The topological polar surface area (TPSA) is 127 Å². The number of ketones is 1. The third-order valence-electron chi connectivity index (χ3n) is 4.72. The van der Waals surface area contributed by atoms with Crippen LogP contribution in [-0.2, 0) is 20.8 Å². The van der Waals surface area contributed by atoms with Crippen molar-refractivity contribution in [3.05, 3.63) is 35.9 Å². The van der Waals surface area contributed by atoms with E-state index in [1.807, 2.05) is 44.2 Å². The van der Waals surface area contributed by atoms with Gasteiger partial charge in [0.2, 0.25) is 11.8 Å². The summed E-state index contributed by atoms with van der Waals surface area (Å²) in [6.07, 6.45) is 2.17. The van der Waals surface area contributed by atoms with Gasteiger partial charge in [-0.2, -0.15) is 0 Å². The molecule has 0 aliphatic rings. The molecule has 1 aromatic rings. The predicted molar refractivity (Wildman–Crippen MR) is 115 cm³/mol. The Kier molecular flexibility index (Phi) is 11.5. The van der Waals surface area contributed by atoms with E-state index in [1.165, 1.54) is 0 Å². The quantitative estimate of drug-likeness (QED) is 0.278. The highest BCUT2D eigenvalue weighted by atomic mass is 35.5. The molecular weight excluding hydrogens is 392 g/mol. The molecule has 7 nitrogen and oxygen atoms in total. The van der Waals surface area contributed by atoms with Gasteiger partial charge >= 0.3 is 0 Å². The van der Waals surface area contributed by atoms with Crippen molar-refractivity contribution in [2.45, 2.75) is 57.7 Å². The fourth-order valence-electron chi connectivity index (χ4n) is 2.80. The highest BCUT2D eigenvalue weighted by molar-refractivity contribution is 6.28. The fourth-order valence-corrected chi connectivity index (χ4v) is 2.99. The smallest absolute Gasteiger partial charge is 0.243 e. The van der Waals surface area contributed by atoms with Crippen LogP contribution in [0.4, 0.5) is 0 Å². The number of unbranched alkanes of at least 4 members (excludes halogenated alkanes) is 1. The third-order valence-corrected chi connectivity index (χ3v) is 4.98. The molecule has 0 spiro atoms. The zero-order chi connectivity index (χ0) is 21.8. The van der Waals surface area contributed by atoms with Crippen molar-refractivity contribution >= 4 is 29.2 Å². The van der Waals surface area contributed by atoms with Gasteiger partial charge < -0.3 is 22.1 Å². The number of nitrogens with two attached hydrogens (primary N) is 2. The minimum Gasteiger partial charge on any atom is -0.344 e. The highest BCUT2D eigenvalue weighted by Crippen LogP contribution is 2.08. The van der Waals surface area contributed by atoms with Gasteiger partial charge in [-0.25, -0.2) is 0 Å². The Morgan fingerprint density at radius 3 is 2.17 bits per heavy atom. The minimum absolute atomic E-state index is 0.0720. The lowest BCUT2D eigenvalue weighted by molar-refractivity contribution is -0.131. The minimum atomic E-state index is -0.852. The van der Waals surface area contributed by atoms with Gasteiger partial charge in [-0.05, 0) is 37.3 Å². The first-order valence-electron chi connectivity index (χ1n) is 9.99. The van der Waals surface area contributed by atoms with Gasteiger partial charge in [-0.15, -0.1) is 11.6 Å². The van der Waals surface area contributed by atoms with Crippen LogP contribution < -0.4 is 22.1 Å². The lowest BCUT2D eigenvalue weighted by atomic mass is 10.0. The van der Waals surface area contributed by atoms with E-state index in [0.29, 0.717) is 19.4 Å². The second kappa shape index (κ2) is 13.3. The van der Waals surface area contributed by atoms with Gasteiger partial charge in [-0.3, -0.25) is 14.4 Å². The number of halogens is 1. The van der Waals surface area contributed by atoms with Crippen LogP contribution in [0.1, 0.15) is 38.7 Å². The van der Waals surface area contributed by atoms with Crippen molar-refractivity contribution in [2.75, 3.05) is 12.4 Å². The number of amides is 2. The summed E-state index contributed by atoms with van der Waals surface area (Å²) in [5.41, 5.74) is 12.3. The average molecular weight is 425 g/mol. The van der Waals surface area contributed by atoms with E-state index in [2.05, 4.69) is 10.6 Å². The molecule has 3 atom stereocenters. The molecule has 2 amide bonds. The fraction of sp³-hybridized carbons (Fsp3) is 0.571. The molecule has 3 unspecified atom stereocenters. The highest BCUT2D eigenvalue weighted by Gasteiger charge is 2.28. The van der Waals surface area contributed by atoms with E-state index in [4.69, 9.17) is 23.1 Å². The number of alkyl halides is 1. The zero-order valence-corrected chi connectivity index (χ0v) is 18.0. The average Bonchev–Trinajstić information content (AvgIpc) is 2.71. The second-order valence-electron chi connectivity index (χ2n) is 7.47. The lowest BCUT2D eigenvalue weighted by Crippen LogP contribution is -2.56. The summed E-state index contributed by atoms with van der Waals surface area (Å²) < 4.78 is 0. The molecule has 6 N–H and O–H groups in total. The van der Waals surface area contributed by atoms with Gasteiger partial charge in [0, 0.05) is 6.42 Å². The summed E-state index contributed by atoms with van der Waals surface area (Å²) in [5.74, 6) is -1.37. The maximum atomic E-state index is 13.0. The number of hydrogen-bond donors (Lipinski definition) is 4. The van der Waals surface area contributed by atoms with E-state index in [0.717, 1.165) is 12.0 Å². The van der Waals surface area contributed by atoms with Crippen molar-refractivity contribution < 1.29 is 14.4 Å². The van der Waals surface area contributed by atoms with E-state index in [1.54, 1.807) is 0 Å². The molecule has 0 heterocycles. The van der Waals surface area contributed by atoms with Crippen LogP contribution >= 0.6 is 11.6 Å². The zero-order valence-electron chi connectivity index (χ0n) is 17.2. The van der Waals surface area contributed by atoms with E-state index in [9.17, 15) is 14.4 Å². The first kappa shape index (κ1) is 25.1. The van der Waals surface area contributed by atoms with Crippen LogP contribution in [0.15, 0.2) is 30.3 Å². The van der Waals surface area contributed by atoms with Crippen molar-refractivity contribution in [1.82, 2.24) is 10.6 Å². The Morgan fingerprint density at radius 1 is 1.00 bits per heavy atom. The number of nitrogens with one attached hydrogen (secondary N) is 2. The number of hydrogen-bond acceptors (Lipinski definition) is 5. The van der Waals surface area contributed by atoms with Crippen LogP contribution in [0, 0.1) is 5.92 Å². The molecule has 0 fully saturated rings. The summed E-state index contributed by atoms with van der Waals surface area (Å²) >= 11 is 5.70. The largest absolute Gasteiger partial charge is 0.344 e. The van der Waals surface area contributed by atoms with E-state index < -0.39 is 29.9 Å². The molecule has 0 radical (unpaired) electrons. The molecule has 0 aliphatic heterocycles. The second-order valence-corrected chi connectivity index (χ2v) is 7.73. The molecule has 8 heteroatoms. The van der Waals surface area contributed by atoms with Crippen LogP contribution in [0.5, 0.6) is 0 Å². The van der Waals surface area contributed by atoms with Gasteiger partial charge in [-0.1, -0.05) is 44.2 Å². The van der Waals surface area contributed by atoms with Crippen molar-refractivity contribution in [3.63, 3.8) is 0 Å². The summed E-state index contributed by atoms with van der Waals surface area (Å²) in [4.78, 5) is 37.6. The summed E-state index contributed by atoms with van der Waals surface area (Å²) in [7, 11) is 0. The van der Waals surface area contributed by atoms with Crippen LogP contribution in [0.3, 0.4) is 0 Å². The van der Waals surface area contributed by atoms with Gasteiger partial charge in [0.05, 0.1) is 18.0 Å². The summed E-state index contributed by atoms with van der Waals surface area (Å²) in [6, 6.07) is 7.05. The Labute approximate surface area is 177 Å². The number of carbonyl (C=O) groups excluding carboxylic acids is 3. The Morgan fingerprint density at radius 2 is 1.62 bits per heavy atom. The lowest BCUT2D eigenvalue weighted by Gasteiger charge is -2.24. The van der Waals surface area contributed by atoms with Crippen LogP contribution in [0.2, 0.25) is 0 Å².